The molecule has 2 heterocycles. The van der Waals surface area contributed by atoms with E-state index in [4.69, 9.17) is 19.9 Å². The van der Waals surface area contributed by atoms with Crippen LogP contribution in [0.4, 0.5) is 14.4 Å². The molecule has 272 valence electrons. The molecule has 0 aliphatic heterocycles. The number of aromatic nitrogens is 2. The Morgan fingerprint density at radius 1 is 0.800 bits per heavy atom. The Bertz CT molecular complexity index is 1720. The SMILES string of the molecule is C.C=CCOC(=O)NC[C@@H](N)Cc1c[nH]c2ccc(C)cc12.C=CCOC(=O)NC[C@H](Cc1c[nH]c2ccc(C)cc12)NC(=O)OC(C)(C)C. The Kier molecular flexibility index (Phi) is 16.1. The second-order valence-electron chi connectivity index (χ2n) is 12.8. The highest BCUT2D eigenvalue weighted by molar-refractivity contribution is 5.84. The number of hydrogen-bond acceptors (Lipinski definition) is 7. The van der Waals surface area contributed by atoms with Crippen LogP contribution in [0.25, 0.3) is 21.8 Å². The highest BCUT2D eigenvalue weighted by Crippen LogP contribution is 2.22. The second kappa shape index (κ2) is 19.7. The number of ether oxygens (including phenoxy) is 3. The van der Waals surface area contributed by atoms with Crippen molar-refractivity contribution in [2.45, 2.75) is 72.6 Å². The Balaban J connectivity index is 0.000000353. The maximum atomic E-state index is 12.2. The molecule has 0 saturated heterocycles. The summed E-state index contributed by atoms with van der Waals surface area (Å²) in [6.07, 6.45) is 6.54. The minimum Gasteiger partial charge on any atom is -0.445 e. The van der Waals surface area contributed by atoms with Gasteiger partial charge in [-0.05, 0) is 82.9 Å². The van der Waals surface area contributed by atoms with Crippen molar-refractivity contribution < 1.29 is 28.6 Å². The number of alkyl carbamates (subject to hydrolysis) is 3. The standard InChI is InChI=1S/C21H29N3O4.C16H21N3O2.CH4/c1-6-9-27-19(25)23-13-16(24-20(26)28-21(3,4)5)11-15-12-22-18-8-7-14(2)10-17(15)18;1-3-6-21-16(20)19-10-13(17)8-12-9-18-15-5-4-11(2)7-14(12)15;/h6-8,10,12,16,22H,1,9,11,13H2,2-5H3,(H,23,25)(H,24,26);3-5,7,9,13,18H,1,6,8,10,17H2,2H3,(H,19,20);1H4/t16-;13-;/m00./s1. The summed E-state index contributed by atoms with van der Waals surface area (Å²) < 4.78 is 15.1. The van der Waals surface area contributed by atoms with Gasteiger partial charge in [0.05, 0.1) is 6.04 Å². The lowest BCUT2D eigenvalue weighted by atomic mass is 10.0. The number of carbonyl (C=O) groups excluding carboxylic acids is 3. The first-order valence-corrected chi connectivity index (χ1v) is 16.2. The van der Waals surface area contributed by atoms with Gasteiger partial charge in [0.25, 0.3) is 0 Å². The molecule has 0 aliphatic rings. The van der Waals surface area contributed by atoms with Crippen LogP contribution in [0.1, 0.15) is 50.5 Å². The van der Waals surface area contributed by atoms with Gasteiger partial charge in [0, 0.05) is 53.3 Å². The van der Waals surface area contributed by atoms with E-state index < -0.39 is 23.9 Å². The average molecular weight is 691 g/mol. The Morgan fingerprint density at radius 3 is 1.76 bits per heavy atom. The zero-order valence-corrected chi connectivity index (χ0v) is 29.1. The number of benzene rings is 2. The highest BCUT2D eigenvalue weighted by atomic mass is 16.6. The van der Waals surface area contributed by atoms with Gasteiger partial charge in [-0.25, -0.2) is 14.4 Å². The first-order valence-electron chi connectivity index (χ1n) is 16.2. The first-order chi connectivity index (χ1) is 23.3. The van der Waals surface area contributed by atoms with Crippen LogP contribution in [0.3, 0.4) is 0 Å². The number of hydrogen-bond donors (Lipinski definition) is 6. The van der Waals surface area contributed by atoms with Crippen LogP contribution in [-0.4, -0.2) is 72.2 Å². The van der Waals surface area contributed by atoms with Crippen LogP contribution in [0, 0.1) is 13.8 Å². The summed E-state index contributed by atoms with van der Waals surface area (Å²) in [5, 5.41) is 10.4. The molecule has 50 heavy (non-hydrogen) atoms. The zero-order valence-electron chi connectivity index (χ0n) is 29.1. The number of aryl methyl sites for hydroxylation is 2. The molecule has 12 nitrogen and oxygen atoms in total. The van der Waals surface area contributed by atoms with Crippen molar-refractivity contribution in [1.82, 2.24) is 25.9 Å². The van der Waals surface area contributed by atoms with Gasteiger partial charge in [-0.2, -0.15) is 0 Å². The highest BCUT2D eigenvalue weighted by Gasteiger charge is 2.21. The molecule has 3 amide bonds. The Labute approximate surface area is 295 Å². The molecule has 4 rings (SSSR count). The predicted molar refractivity (Wildman–Crippen MR) is 200 cm³/mol. The van der Waals surface area contributed by atoms with Gasteiger partial charge in [0.2, 0.25) is 0 Å². The van der Waals surface area contributed by atoms with Crippen LogP contribution in [0.5, 0.6) is 0 Å². The molecule has 0 saturated carbocycles. The predicted octanol–water partition coefficient (Wildman–Crippen LogP) is 6.72. The normalized spacial score (nSPS) is 12.0. The van der Waals surface area contributed by atoms with E-state index in [1.807, 2.05) is 31.5 Å². The van der Waals surface area contributed by atoms with Gasteiger partial charge in [-0.1, -0.05) is 56.0 Å². The zero-order chi connectivity index (χ0) is 36.0. The summed E-state index contributed by atoms with van der Waals surface area (Å²) in [6.45, 7) is 17.4. The van der Waals surface area contributed by atoms with Crippen molar-refractivity contribution in [2.24, 2.45) is 5.73 Å². The average Bonchev–Trinajstić information content (AvgIpc) is 3.62. The van der Waals surface area contributed by atoms with Crippen LogP contribution in [0.2, 0.25) is 0 Å². The quantitative estimate of drug-likeness (QED) is 0.0668. The third kappa shape index (κ3) is 13.7. The van der Waals surface area contributed by atoms with E-state index >= 15 is 0 Å². The van der Waals surface area contributed by atoms with Crippen LogP contribution in [-0.2, 0) is 27.1 Å². The van der Waals surface area contributed by atoms with Crippen LogP contribution in [0.15, 0.2) is 74.1 Å². The fraction of sp³-hybridized carbons (Fsp3) is 0.395. The van der Waals surface area contributed by atoms with Crippen molar-refractivity contribution >= 4 is 40.1 Å². The lowest BCUT2D eigenvalue weighted by Gasteiger charge is -2.24. The van der Waals surface area contributed by atoms with Crippen molar-refractivity contribution in [3.8, 4) is 0 Å². The van der Waals surface area contributed by atoms with Crippen molar-refractivity contribution in [3.63, 3.8) is 0 Å². The minimum absolute atomic E-state index is 0. The van der Waals surface area contributed by atoms with Gasteiger partial charge in [0.1, 0.15) is 18.8 Å². The number of nitrogens with two attached hydrogens (primary N) is 1. The molecule has 0 spiro atoms. The number of carbonyl (C=O) groups is 3. The number of amides is 3. The summed E-state index contributed by atoms with van der Waals surface area (Å²) in [5.41, 5.74) is 12.1. The molecule has 12 heteroatoms. The van der Waals surface area contributed by atoms with E-state index in [-0.39, 0.29) is 39.3 Å². The minimum atomic E-state index is -0.608. The van der Waals surface area contributed by atoms with Gasteiger partial charge in [0.15, 0.2) is 0 Å². The van der Waals surface area contributed by atoms with Gasteiger partial charge in [-0.3, -0.25) is 0 Å². The molecule has 4 aromatic rings. The molecule has 0 aliphatic carbocycles. The topological polar surface area (TPSA) is 173 Å². The molecule has 0 unspecified atom stereocenters. The van der Waals surface area contributed by atoms with Gasteiger partial charge in [-0.15, -0.1) is 0 Å². The van der Waals surface area contributed by atoms with E-state index in [1.54, 1.807) is 20.8 Å². The Hall–Kier alpha value is -5.23. The fourth-order valence-electron chi connectivity index (χ4n) is 4.98. The molecule has 2 aromatic carbocycles. The fourth-order valence-corrected chi connectivity index (χ4v) is 4.98. The molecule has 0 radical (unpaired) electrons. The lowest BCUT2D eigenvalue weighted by molar-refractivity contribution is 0.0502. The number of nitrogens with one attached hydrogen (secondary N) is 5. The third-order valence-electron chi connectivity index (χ3n) is 7.18. The van der Waals surface area contributed by atoms with Gasteiger partial charge >= 0.3 is 18.3 Å². The monoisotopic (exact) mass is 690 g/mol. The molecular weight excluding hydrogens is 636 g/mol. The van der Waals surface area contributed by atoms with Crippen LogP contribution >= 0.6 is 0 Å². The molecule has 2 atom stereocenters. The number of aromatic amines is 2. The lowest BCUT2D eigenvalue weighted by Crippen LogP contribution is -2.46. The summed E-state index contributed by atoms with van der Waals surface area (Å²) in [7, 11) is 0. The largest absolute Gasteiger partial charge is 0.445 e. The smallest absolute Gasteiger partial charge is 0.407 e. The number of rotatable bonds is 13. The second-order valence-corrected chi connectivity index (χ2v) is 12.8. The maximum Gasteiger partial charge on any atom is 0.407 e. The maximum absolute atomic E-state index is 12.2. The molecule has 0 fully saturated rings. The molecule has 7 N–H and O–H groups in total. The van der Waals surface area contributed by atoms with Crippen molar-refractivity contribution in [1.29, 1.82) is 0 Å². The molecular formula is C38H54N6O6. The summed E-state index contributed by atoms with van der Waals surface area (Å²) in [5.74, 6) is 0. The van der Waals surface area contributed by atoms with E-state index in [2.05, 4.69) is 70.3 Å². The van der Waals surface area contributed by atoms with Crippen molar-refractivity contribution in [3.05, 3.63) is 96.4 Å². The van der Waals surface area contributed by atoms with Gasteiger partial charge < -0.3 is 45.9 Å². The third-order valence-corrected chi connectivity index (χ3v) is 7.18. The van der Waals surface area contributed by atoms with E-state index in [0.717, 1.165) is 33.1 Å². The van der Waals surface area contributed by atoms with E-state index in [9.17, 15) is 14.4 Å². The summed E-state index contributed by atoms with van der Waals surface area (Å²) in [6, 6.07) is 11.9. The number of H-pyrrole nitrogens is 2. The molecule has 0 bridgehead atoms. The molecule has 2 aromatic heterocycles. The number of fused-ring (bicyclic) bond motifs is 2. The summed E-state index contributed by atoms with van der Waals surface area (Å²) >= 11 is 0. The summed E-state index contributed by atoms with van der Waals surface area (Å²) in [4.78, 5) is 41.8. The first kappa shape index (κ1) is 40.9. The van der Waals surface area contributed by atoms with Crippen LogP contribution < -0.4 is 21.7 Å². The van der Waals surface area contributed by atoms with E-state index in [1.165, 1.54) is 23.1 Å². The van der Waals surface area contributed by atoms with E-state index in [0.29, 0.717) is 19.4 Å². The Morgan fingerprint density at radius 2 is 1.28 bits per heavy atom. The van der Waals surface area contributed by atoms with Crippen molar-refractivity contribution in [2.75, 3.05) is 26.3 Å².